The molecule has 3 aromatic rings. The summed E-state index contributed by atoms with van der Waals surface area (Å²) < 4.78 is 6.41. The highest BCUT2D eigenvalue weighted by Gasteiger charge is 2.17. The van der Waals surface area contributed by atoms with Crippen LogP contribution >= 0.6 is 11.3 Å². The third-order valence-corrected chi connectivity index (χ3v) is 5.69. The zero-order valence-electron chi connectivity index (χ0n) is 14.8. The van der Waals surface area contributed by atoms with E-state index in [1.165, 1.54) is 19.3 Å². The van der Waals surface area contributed by atoms with E-state index in [0.29, 0.717) is 16.9 Å². The Kier molecular flexibility index (Phi) is 4.77. The SMILES string of the molecule is N=C(N)c1ccc(OC(=O)c2ccc3nc(N4CCCCC4)sc3c2)cc1. The van der Waals surface area contributed by atoms with E-state index in [0.717, 1.165) is 28.4 Å². The van der Waals surface area contributed by atoms with Crippen molar-refractivity contribution in [2.45, 2.75) is 19.3 Å². The normalized spacial score (nSPS) is 14.3. The van der Waals surface area contributed by atoms with Crippen LogP contribution in [0.3, 0.4) is 0 Å². The number of ether oxygens (including phenoxy) is 1. The molecule has 1 aliphatic heterocycles. The number of piperidine rings is 1. The van der Waals surface area contributed by atoms with Gasteiger partial charge in [0, 0.05) is 18.7 Å². The van der Waals surface area contributed by atoms with Crippen molar-refractivity contribution in [1.82, 2.24) is 4.98 Å². The molecule has 6 nitrogen and oxygen atoms in total. The van der Waals surface area contributed by atoms with E-state index in [1.54, 1.807) is 41.7 Å². The number of aromatic nitrogens is 1. The number of benzene rings is 2. The molecular weight excluding hydrogens is 360 g/mol. The first kappa shape index (κ1) is 17.5. The Balaban J connectivity index is 1.52. The molecule has 7 heteroatoms. The number of nitrogens with one attached hydrogen (secondary N) is 1. The fraction of sp³-hybridized carbons (Fsp3) is 0.250. The van der Waals surface area contributed by atoms with E-state index >= 15 is 0 Å². The van der Waals surface area contributed by atoms with E-state index in [9.17, 15) is 4.79 Å². The number of nitrogens with zero attached hydrogens (tertiary/aromatic N) is 2. The van der Waals surface area contributed by atoms with Gasteiger partial charge in [-0.3, -0.25) is 5.41 Å². The van der Waals surface area contributed by atoms with Crippen LogP contribution in [0.1, 0.15) is 35.2 Å². The van der Waals surface area contributed by atoms with Crippen LogP contribution in [-0.4, -0.2) is 29.9 Å². The lowest BCUT2D eigenvalue weighted by Crippen LogP contribution is -2.29. The molecule has 1 aliphatic rings. The third kappa shape index (κ3) is 3.78. The van der Waals surface area contributed by atoms with E-state index < -0.39 is 5.97 Å². The summed E-state index contributed by atoms with van der Waals surface area (Å²) in [7, 11) is 0. The molecule has 0 aliphatic carbocycles. The first-order chi connectivity index (χ1) is 13.1. The van der Waals surface area contributed by atoms with Gasteiger partial charge in [-0.25, -0.2) is 9.78 Å². The Bertz CT molecular complexity index is 991. The Morgan fingerprint density at radius 3 is 2.48 bits per heavy atom. The van der Waals surface area contributed by atoms with Gasteiger partial charge in [0.15, 0.2) is 5.13 Å². The van der Waals surface area contributed by atoms with Gasteiger partial charge in [0.2, 0.25) is 0 Å². The van der Waals surface area contributed by atoms with Gasteiger partial charge in [-0.05, 0) is 61.7 Å². The molecule has 4 rings (SSSR count). The van der Waals surface area contributed by atoms with Gasteiger partial charge in [-0.2, -0.15) is 0 Å². The van der Waals surface area contributed by atoms with Gasteiger partial charge in [0.05, 0.1) is 15.8 Å². The van der Waals surface area contributed by atoms with E-state index in [2.05, 4.69) is 4.90 Å². The lowest BCUT2D eigenvalue weighted by Gasteiger charge is -2.25. The maximum atomic E-state index is 12.5. The highest BCUT2D eigenvalue weighted by molar-refractivity contribution is 7.22. The Morgan fingerprint density at radius 2 is 1.78 bits per heavy atom. The maximum absolute atomic E-state index is 12.5. The second-order valence-electron chi connectivity index (χ2n) is 6.55. The standard InChI is InChI=1S/C20H20N4O2S/c21-18(22)13-4-7-15(8-5-13)26-19(25)14-6-9-16-17(12-14)27-20(23-16)24-10-2-1-3-11-24/h4-9,12H,1-3,10-11H2,(H3,21,22). The molecule has 2 aromatic carbocycles. The molecule has 27 heavy (non-hydrogen) atoms. The first-order valence-electron chi connectivity index (χ1n) is 8.92. The average Bonchev–Trinajstić information content (AvgIpc) is 3.12. The molecule has 2 heterocycles. The number of hydrogen-bond acceptors (Lipinski definition) is 6. The highest BCUT2D eigenvalue weighted by Crippen LogP contribution is 2.31. The minimum absolute atomic E-state index is 0.0203. The Hall–Kier alpha value is -2.93. The number of carbonyl (C=O) groups is 1. The van der Waals surface area contributed by atoms with E-state index in [-0.39, 0.29) is 5.84 Å². The smallest absolute Gasteiger partial charge is 0.343 e. The molecule has 0 atom stereocenters. The summed E-state index contributed by atoms with van der Waals surface area (Å²) in [4.78, 5) is 19.5. The number of nitrogens with two attached hydrogens (primary N) is 1. The van der Waals surface area contributed by atoms with E-state index in [1.807, 2.05) is 12.1 Å². The molecule has 0 amide bonds. The summed E-state index contributed by atoms with van der Waals surface area (Å²) in [6.07, 6.45) is 3.69. The molecule has 1 fully saturated rings. The van der Waals surface area contributed by atoms with Crippen molar-refractivity contribution in [1.29, 1.82) is 5.41 Å². The average molecular weight is 380 g/mol. The Labute approximate surface area is 161 Å². The summed E-state index contributed by atoms with van der Waals surface area (Å²) in [5, 5.41) is 8.42. The van der Waals surface area contributed by atoms with Crippen LogP contribution in [0.4, 0.5) is 5.13 Å². The monoisotopic (exact) mass is 380 g/mol. The number of anilines is 1. The van der Waals surface area contributed by atoms with Crippen LogP contribution in [-0.2, 0) is 0 Å². The van der Waals surface area contributed by atoms with Gasteiger partial charge < -0.3 is 15.4 Å². The van der Waals surface area contributed by atoms with Gasteiger partial charge in [-0.15, -0.1) is 0 Å². The molecular formula is C20H20N4O2S. The summed E-state index contributed by atoms with van der Waals surface area (Å²) in [6.45, 7) is 2.09. The minimum Gasteiger partial charge on any atom is -0.423 e. The number of hydrogen-bond donors (Lipinski definition) is 2. The minimum atomic E-state index is -0.416. The van der Waals surface area contributed by atoms with Crippen LogP contribution in [0.5, 0.6) is 5.75 Å². The number of nitrogen functional groups attached to an aromatic ring is 1. The van der Waals surface area contributed by atoms with Crippen molar-refractivity contribution < 1.29 is 9.53 Å². The molecule has 3 N–H and O–H groups in total. The molecule has 0 bridgehead atoms. The zero-order chi connectivity index (χ0) is 18.8. The second-order valence-corrected chi connectivity index (χ2v) is 7.56. The van der Waals surface area contributed by atoms with Crippen molar-refractivity contribution in [3.05, 3.63) is 53.6 Å². The van der Waals surface area contributed by atoms with Crippen molar-refractivity contribution in [3.63, 3.8) is 0 Å². The molecule has 138 valence electrons. The molecule has 0 unspecified atom stereocenters. The summed E-state index contributed by atoms with van der Waals surface area (Å²) in [5.41, 5.74) is 7.42. The number of rotatable bonds is 4. The van der Waals surface area contributed by atoms with Crippen LogP contribution in [0.15, 0.2) is 42.5 Å². The van der Waals surface area contributed by atoms with Crippen LogP contribution in [0, 0.1) is 5.41 Å². The molecule has 0 saturated carbocycles. The summed E-state index contributed by atoms with van der Waals surface area (Å²) in [6, 6.07) is 12.0. The van der Waals surface area contributed by atoms with Crippen molar-refractivity contribution >= 4 is 38.5 Å². The predicted octanol–water partition coefficient (Wildman–Crippen LogP) is 3.79. The lowest BCUT2D eigenvalue weighted by atomic mass is 10.1. The number of fused-ring (bicyclic) bond motifs is 1. The summed E-state index contributed by atoms with van der Waals surface area (Å²) >= 11 is 1.62. The number of thiazole rings is 1. The van der Waals surface area contributed by atoms with E-state index in [4.69, 9.17) is 20.9 Å². The zero-order valence-corrected chi connectivity index (χ0v) is 15.6. The fourth-order valence-electron chi connectivity index (χ4n) is 3.13. The highest BCUT2D eigenvalue weighted by atomic mass is 32.1. The third-order valence-electron chi connectivity index (χ3n) is 4.62. The van der Waals surface area contributed by atoms with Crippen LogP contribution in [0.25, 0.3) is 10.2 Å². The number of amidine groups is 1. The Morgan fingerprint density at radius 1 is 1.07 bits per heavy atom. The molecule has 0 radical (unpaired) electrons. The second kappa shape index (κ2) is 7.36. The van der Waals surface area contributed by atoms with Gasteiger partial charge in [-0.1, -0.05) is 11.3 Å². The largest absolute Gasteiger partial charge is 0.423 e. The predicted molar refractivity (Wildman–Crippen MR) is 108 cm³/mol. The molecule has 1 aromatic heterocycles. The van der Waals surface area contributed by atoms with Crippen molar-refractivity contribution in [2.24, 2.45) is 5.73 Å². The topological polar surface area (TPSA) is 92.3 Å². The summed E-state index contributed by atoms with van der Waals surface area (Å²) in [5.74, 6) is -0.0168. The number of esters is 1. The van der Waals surface area contributed by atoms with Gasteiger partial charge in [0.1, 0.15) is 11.6 Å². The quantitative estimate of drug-likeness (QED) is 0.311. The van der Waals surface area contributed by atoms with Gasteiger partial charge in [0.25, 0.3) is 0 Å². The van der Waals surface area contributed by atoms with Crippen molar-refractivity contribution in [2.75, 3.05) is 18.0 Å². The molecule has 0 spiro atoms. The van der Waals surface area contributed by atoms with Gasteiger partial charge >= 0.3 is 5.97 Å². The maximum Gasteiger partial charge on any atom is 0.343 e. The first-order valence-corrected chi connectivity index (χ1v) is 9.74. The van der Waals surface area contributed by atoms with Crippen LogP contribution in [0.2, 0.25) is 0 Å². The molecule has 1 saturated heterocycles. The fourth-order valence-corrected chi connectivity index (χ4v) is 4.18. The van der Waals surface area contributed by atoms with Crippen LogP contribution < -0.4 is 15.4 Å². The number of carbonyl (C=O) groups excluding carboxylic acids is 1. The lowest BCUT2D eigenvalue weighted by molar-refractivity contribution is 0.0735. The van der Waals surface area contributed by atoms with Crippen molar-refractivity contribution in [3.8, 4) is 5.75 Å².